The Morgan fingerprint density at radius 1 is 0.971 bits per heavy atom. The van der Waals surface area contributed by atoms with E-state index in [-0.39, 0.29) is 30.4 Å². The molecule has 0 spiro atoms. The molecular weight excluding hydrogens is 466 g/mol. The molecule has 0 saturated carbocycles. The van der Waals surface area contributed by atoms with Crippen LogP contribution >= 0.6 is 0 Å². The molecule has 1 atom stereocenters. The van der Waals surface area contributed by atoms with Gasteiger partial charge in [0.25, 0.3) is 0 Å². The molecule has 2 aliphatic heterocycles. The van der Waals surface area contributed by atoms with Gasteiger partial charge in [-0.2, -0.15) is 4.31 Å². The van der Waals surface area contributed by atoms with Gasteiger partial charge in [-0.05, 0) is 44.2 Å². The van der Waals surface area contributed by atoms with Gasteiger partial charge in [0.1, 0.15) is 11.5 Å². The fourth-order valence-corrected chi connectivity index (χ4v) is 6.46. The van der Waals surface area contributed by atoms with Crippen molar-refractivity contribution in [3.8, 4) is 11.5 Å². The van der Waals surface area contributed by atoms with Gasteiger partial charge >= 0.3 is 0 Å². The molecule has 0 radical (unpaired) electrons. The van der Waals surface area contributed by atoms with Crippen molar-refractivity contribution < 1.29 is 22.7 Å². The van der Waals surface area contributed by atoms with E-state index in [0.29, 0.717) is 37.6 Å². The third-order valence-corrected chi connectivity index (χ3v) is 8.82. The van der Waals surface area contributed by atoms with E-state index in [0.717, 1.165) is 19.5 Å². The Morgan fingerprint density at radius 2 is 1.69 bits per heavy atom. The number of piperazine rings is 1. The maximum absolute atomic E-state index is 13.6. The molecule has 0 bridgehead atoms. The molecule has 0 aromatic heterocycles. The van der Waals surface area contributed by atoms with Crippen LogP contribution in [0.25, 0.3) is 0 Å². The molecule has 2 aromatic rings. The molecule has 9 heteroatoms. The monoisotopic (exact) mass is 501 g/mol. The van der Waals surface area contributed by atoms with Gasteiger partial charge in [-0.1, -0.05) is 24.3 Å². The Morgan fingerprint density at radius 3 is 2.40 bits per heavy atom. The zero-order valence-corrected chi connectivity index (χ0v) is 21.4. The minimum absolute atomic E-state index is 0.0652. The quantitative estimate of drug-likeness (QED) is 0.554. The number of rotatable bonds is 8. The average Bonchev–Trinajstić information content (AvgIpc) is 2.88. The first-order chi connectivity index (χ1) is 16.8. The van der Waals surface area contributed by atoms with Crippen molar-refractivity contribution in [2.75, 3.05) is 60.0 Å². The van der Waals surface area contributed by atoms with Gasteiger partial charge < -0.3 is 19.3 Å². The average molecular weight is 502 g/mol. The van der Waals surface area contributed by atoms with Crippen molar-refractivity contribution in [2.45, 2.75) is 24.2 Å². The first-order valence-corrected chi connectivity index (χ1v) is 13.5. The highest BCUT2D eigenvalue weighted by Crippen LogP contribution is 2.37. The molecule has 2 aromatic carbocycles. The van der Waals surface area contributed by atoms with Crippen LogP contribution in [0.2, 0.25) is 0 Å². The van der Waals surface area contributed by atoms with Gasteiger partial charge in [0.2, 0.25) is 15.9 Å². The molecule has 1 amide bonds. The number of hydrogen-bond acceptors (Lipinski definition) is 6. The van der Waals surface area contributed by atoms with Crippen molar-refractivity contribution in [1.29, 1.82) is 0 Å². The summed E-state index contributed by atoms with van der Waals surface area (Å²) in [6.45, 7) is 3.99. The number of hydrogen-bond donors (Lipinski definition) is 0. The lowest BCUT2D eigenvalue weighted by Gasteiger charge is -2.43. The summed E-state index contributed by atoms with van der Waals surface area (Å²) in [5.74, 6) is 1.27. The third-order valence-electron chi connectivity index (χ3n) is 6.98. The Labute approximate surface area is 208 Å². The Balaban J connectivity index is 1.57. The first kappa shape index (κ1) is 25.5. The van der Waals surface area contributed by atoms with E-state index in [1.54, 1.807) is 24.3 Å². The van der Waals surface area contributed by atoms with E-state index in [4.69, 9.17) is 9.47 Å². The fourth-order valence-electron chi connectivity index (χ4n) is 4.83. The Bertz CT molecular complexity index is 1100. The summed E-state index contributed by atoms with van der Waals surface area (Å²) >= 11 is 0. The molecule has 8 nitrogen and oxygen atoms in total. The predicted molar refractivity (Wildman–Crippen MR) is 134 cm³/mol. The molecule has 2 heterocycles. The van der Waals surface area contributed by atoms with Crippen molar-refractivity contribution in [3.05, 3.63) is 54.6 Å². The van der Waals surface area contributed by atoms with E-state index in [1.165, 1.54) is 11.4 Å². The zero-order valence-electron chi connectivity index (χ0n) is 20.6. The number of nitrogens with zero attached hydrogens (tertiary/aromatic N) is 3. The summed E-state index contributed by atoms with van der Waals surface area (Å²) in [7, 11) is -0.179. The second-order valence-electron chi connectivity index (χ2n) is 9.58. The second kappa shape index (κ2) is 11.0. The topological polar surface area (TPSA) is 79.4 Å². The largest absolute Gasteiger partial charge is 0.497 e. The number of amides is 1. The minimum atomic E-state index is -3.75. The van der Waals surface area contributed by atoms with Gasteiger partial charge in [-0.15, -0.1) is 0 Å². The lowest BCUT2D eigenvalue weighted by atomic mass is 9.78. The predicted octanol–water partition coefficient (Wildman–Crippen LogP) is 2.71. The number of piperidine rings is 1. The minimum Gasteiger partial charge on any atom is -0.497 e. The highest BCUT2D eigenvalue weighted by atomic mass is 32.2. The highest BCUT2D eigenvalue weighted by Gasteiger charge is 2.43. The fraction of sp³-hybridized carbons (Fsp3) is 0.500. The number of para-hydroxylation sites is 1. The maximum Gasteiger partial charge on any atom is 0.243 e. The molecule has 0 aliphatic carbocycles. The number of methoxy groups -OCH3 is 1. The summed E-state index contributed by atoms with van der Waals surface area (Å²) in [6, 6.07) is 16.0. The number of carbonyl (C=O) groups is 1. The van der Waals surface area contributed by atoms with Gasteiger partial charge in [-0.3, -0.25) is 4.79 Å². The van der Waals surface area contributed by atoms with Gasteiger partial charge in [0, 0.05) is 57.2 Å². The Kier molecular flexibility index (Phi) is 7.98. The third kappa shape index (κ3) is 6.15. The number of likely N-dealkylation sites (N-methyl/N-ethyl adjacent to an activating group) is 1. The highest BCUT2D eigenvalue weighted by molar-refractivity contribution is 7.89. The molecule has 35 heavy (non-hydrogen) atoms. The van der Waals surface area contributed by atoms with Crippen LogP contribution in [0, 0.1) is 5.41 Å². The van der Waals surface area contributed by atoms with E-state index >= 15 is 0 Å². The summed E-state index contributed by atoms with van der Waals surface area (Å²) in [6.07, 6.45) is 1.65. The molecule has 2 fully saturated rings. The SMILES string of the molecule is COc1cccc(S(=O)(=O)N2CCC[C@@](COc3ccccc3)(CC(=O)N3CCN(C)CC3)C2)c1. The van der Waals surface area contributed by atoms with E-state index < -0.39 is 15.4 Å². The number of ether oxygens (including phenoxy) is 2. The van der Waals surface area contributed by atoms with Crippen LogP contribution in [0.3, 0.4) is 0 Å². The number of benzene rings is 2. The van der Waals surface area contributed by atoms with Crippen LogP contribution in [-0.2, 0) is 14.8 Å². The normalized spacial score (nSPS) is 22.1. The summed E-state index contributed by atoms with van der Waals surface area (Å²) in [4.78, 5) is 17.7. The van der Waals surface area contributed by atoms with Crippen LogP contribution in [0.5, 0.6) is 11.5 Å². The van der Waals surface area contributed by atoms with E-state index in [9.17, 15) is 13.2 Å². The lowest BCUT2D eigenvalue weighted by molar-refractivity contribution is -0.136. The van der Waals surface area contributed by atoms with Crippen molar-refractivity contribution in [1.82, 2.24) is 14.1 Å². The number of sulfonamides is 1. The van der Waals surface area contributed by atoms with Crippen LogP contribution in [0.1, 0.15) is 19.3 Å². The van der Waals surface area contributed by atoms with E-state index in [2.05, 4.69) is 11.9 Å². The molecule has 0 N–H and O–H groups in total. The standard InChI is InChI=1S/C26H35N3O5S/c1-27-14-16-28(17-15-27)25(30)19-26(21-34-22-8-4-3-5-9-22)12-7-13-29(20-26)35(31,32)24-11-6-10-23(18-24)33-2/h3-6,8-11,18H,7,12-17,19-21H2,1-2H3/t26-/m1/s1. The van der Waals surface area contributed by atoms with Crippen LogP contribution in [-0.4, -0.2) is 88.5 Å². The van der Waals surface area contributed by atoms with Crippen molar-refractivity contribution in [2.24, 2.45) is 5.41 Å². The lowest BCUT2D eigenvalue weighted by Crippen LogP contribution is -2.53. The summed E-state index contributed by atoms with van der Waals surface area (Å²) < 4.78 is 40.0. The number of carbonyl (C=O) groups excluding carboxylic acids is 1. The smallest absolute Gasteiger partial charge is 0.243 e. The van der Waals surface area contributed by atoms with Crippen LogP contribution in [0.15, 0.2) is 59.5 Å². The van der Waals surface area contributed by atoms with E-state index in [1.807, 2.05) is 35.2 Å². The second-order valence-corrected chi connectivity index (χ2v) is 11.5. The molecular formula is C26H35N3O5S. The van der Waals surface area contributed by atoms with Crippen LogP contribution in [0.4, 0.5) is 0 Å². The molecule has 4 rings (SSSR count). The molecule has 2 saturated heterocycles. The van der Waals surface area contributed by atoms with Crippen molar-refractivity contribution in [3.63, 3.8) is 0 Å². The zero-order chi connectivity index (χ0) is 24.9. The molecule has 0 unspecified atom stereocenters. The molecule has 190 valence electrons. The summed E-state index contributed by atoms with van der Waals surface area (Å²) in [5, 5.41) is 0. The Hall–Kier alpha value is -2.62. The van der Waals surface area contributed by atoms with Gasteiger partial charge in [-0.25, -0.2) is 8.42 Å². The first-order valence-electron chi connectivity index (χ1n) is 12.1. The van der Waals surface area contributed by atoms with Gasteiger partial charge in [0.05, 0.1) is 18.6 Å². The maximum atomic E-state index is 13.6. The molecule has 2 aliphatic rings. The van der Waals surface area contributed by atoms with Crippen LogP contribution < -0.4 is 9.47 Å². The van der Waals surface area contributed by atoms with Gasteiger partial charge in [0.15, 0.2) is 0 Å². The van der Waals surface area contributed by atoms with Crippen molar-refractivity contribution >= 4 is 15.9 Å². The summed E-state index contributed by atoms with van der Waals surface area (Å²) in [5.41, 5.74) is -0.611.